The van der Waals surface area contributed by atoms with Crippen molar-refractivity contribution in [3.05, 3.63) is 101 Å². The fraction of sp³-hybridized carbons (Fsp3) is 0.207. The minimum absolute atomic E-state index is 0.260. The molecule has 0 N–H and O–H groups in total. The van der Waals surface area contributed by atoms with Crippen LogP contribution in [0.15, 0.2) is 78.9 Å². The van der Waals surface area contributed by atoms with Gasteiger partial charge >= 0.3 is 5.97 Å². The third-order valence-corrected chi connectivity index (χ3v) is 7.63. The number of nitrogens with zero attached hydrogens (tertiary/aromatic N) is 1. The van der Waals surface area contributed by atoms with Crippen molar-refractivity contribution in [2.24, 2.45) is 5.41 Å². The molecule has 6 nitrogen and oxygen atoms in total. The summed E-state index contributed by atoms with van der Waals surface area (Å²) in [7, 11) is 2.91. The van der Waals surface area contributed by atoms with Crippen molar-refractivity contribution in [2.75, 3.05) is 19.1 Å². The van der Waals surface area contributed by atoms with Gasteiger partial charge in [0.2, 0.25) is 0 Å². The number of hydrogen-bond acceptors (Lipinski definition) is 6. The first-order valence-corrected chi connectivity index (χ1v) is 11.5. The molecule has 1 saturated heterocycles. The Bertz CT molecular complexity index is 1370. The second kappa shape index (κ2) is 7.67. The lowest BCUT2D eigenvalue weighted by Crippen LogP contribution is -2.48. The fourth-order valence-corrected chi connectivity index (χ4v) is 6.19. The summed E-state index contributed by atoms with van der Waals surface area (Å²) in [6.45, 7) is 0. The van der Waals surface area contributed by atoms with E-state index in [0.29, 0.717) is 22.4 Å². The monoisotopic (exact) mass is 465 g/mol. The van der Waals surface area contributed by atoms with Crippen molar-refractivity contribution in [1.82, 2.24) is 0 Å². The van der Waals surface area contributed by atoms with E-state index in [-0.39, 0.29) is 11.6 Å². The topological polar surface area (TPSA) is 72.9 Å². The van der Waals surface area contributed by atoms with Crippen molar-refractivity contribution < 1.29 is 23.9 Å². The van der Waals surface area contributed by atoms with E-state index < -0.39 is 29.4 Å². The standard InChI is InChI=1S/C29H23NO5/c1-34-19-14-11-18(12-15-19)24-25(28(33)35-2)30-22-10-6-3-7-17(22)13-16-23(30)29(24)26(31)20-8-4-5-9-21(20)27(29)32/h3-16,23-25H,1-2H3. The Morgan fingerprint density at radius 1 is 0.857 bits per heavy atom. The quantitative estimate of drug-likeness (QED) is 0.424. The number of Topliss-reactive ketones (excluding diaryl/α,β-unsaturated/α-hetero) is 2. The van der Waals surface area contributed by atoms with E-state index in [1.165, 1.54) is 7.11 Å². The molecule has 0 amide bonds. The highest BCUT2D eigenvalue weighted by Gasteiger charge is 2.71. The molecule has 6 rings (SSSR count). The molecular formula is C29H23NO5. The van der Waals surface area contributed by atoms with Gasteiger partial charge in [-0.25, -0.2) is 4.79 Å². The minimum Gasteiger partial charge on any atom is -0.497 e. The van der Waals surface area contributed by atoms with Crippen LogP contribution in [-0.4, -0.2) is 43.8 Å². The van der Waals surface area contributed by atoms with Crippen LogP contribution in [0.5, 0.6) is 5.75 Å². The molecule has 1 spiro atoms. The van der Waals surface area contributed by atoms with E-state index in [2.05, 4.69) is 0 Å². The number of ketones is 2. The molecule has 3 unspecified atom stereocenters. The van der Waals surface area contributed by atoms with E-state index in [0.717, 1.165) is 11.3 Å². The third kappa shape index (κ3) is 2.68. The van der Waals surface area contributed by atoms with Crippen molar-refractivity contribution >= 4 is 29.3 Å². The van der Waals surface area contributed by atoms with Crippen LogP contribution in [0.25, 0.3) is 6.08 Å². The number of ether oxygens (including phenoxy) is 2. The second-order valence-electron chi connectivity index (χ2n) is 9.06. The van der Waals surface area contributed by atoms with E-state index in [4.69, 9.17) is 9.47 Å². The Hall–Kier alpha value is -4.19. The Kier molecular flexibility index (Phi) is 4.68. The van der Waals surface area contributed by atoms with E-state index in [9.17, 15) is 14.4 Å². The summed E-state index contributed by atoms with van der Waals surface area (Å²) >= 11 is 0. The van der Waals surface area contributed by atoms with Gasteiger partial charge in [0.25, 0.3) is 0 Å². The highest BCUT2D eigenvalue weighted by Crippen LogP contribution is 2.60. The number of hydrogen-bond donors (Lipinski definition) is 0. The van der Waals surface area contributed by atoms with Gasteiger partial charge in [-0.1, -0.05) is 66.7 Å². The number of rotatable bonds is 3. The molecule has 0 aromatic heterocycles. The Labute approximate surface area is 202 Å². The van der Waals surface area contributed by atoms with Crippen LogP contribution >= 0.6 is 0 Å². The smallest absolute Gasteiger partial charge is 0.329 e. The van der Waals surface area contributed by atoms with Gasteiger partial charge in [-0.3, -0.25) is 9.59 Å². The maximum atomic E-state index is 14.3. The lowest BCUT2D eigenvalue weighted by atomic mass is 9.65. The summed E-state index contributed by atoms with van der Waals surface area (Å²) in [4.78, 5) is 44.0. The SMILES string of the molecule is COC(=O)C1C(c2ccc(OC)cc2)C2(C(=O)c3ccccc3C2=O)C2C=Cc3ccccc3N12. The van der Waals surface area contributed by atoms with Gasteiger partial charge in [0, 0.05) is 22.7 Å². The largest absolute Gasteiger partial charge is 0.497 e. The molecule has 3 aliphatic rings. The summed E-state index contributed by atoms with van der Waals surface area (Å²) in [6, 6.07) is 20.3. The molecule has 6 heteroatoms. The van der Waals surface area contributed by atoms with Crippen LogP contribution in [0.4, 0.5) is 5.69 Å². The zero-order valence-corrected chi connectivity index (χ0v) is 19.3. The third-order valence-electron chi connectivity index (χ3n) is 7.63. The molecule has 3 aromatic carbocycles. The minimum atomic E-state index is -1.51. The number of esters is 1. The molecule has 0 bridgehead atoms. The summed E-state index contributed by atoms with van der Waals surface area (Å²) in [5.41, 5.74) is 1.70. The summed E-state index contributed by atoms with van der Waals surface area (Å²) < 4.78 is 10.6. The average molecular weight is 466 g/mol. The molecule has 174 valence electrons. The maximum Gasteiger partial charge on any atom is 0.329 e. The molecule has 1 fully saturated rings. The zero-order valence-electron chi connectivity index (χ0n) is 19.3. The second-order valence-corrected chi connectivity index (χ2v) is 9.06. The Morgan fingerprint density at radius 3 is 2.11 bits per heavy atom. The molecule has 1 aliphatic carbocycles. The lowest BCUT2D eigenvalue weighted by Gasteiger charge is -2.36. The van der Waals surface area contributed by atoms with Crippen LogP contribution in [-0.2, 0) is 9.53 Å². The Balaban J connectivity index is 1.67. The Morgan fingerprint density at radius 2 is 1.49 bits per heavy atom. The van der Waals surface area contributed by atoms with Crippen LogP contribution < -0.4 is 9.64 Å². The highest BCUT2D eigenvalue weighted by atomic mass is 16.5. The van der Waals surface area contributed by atoms with Gasteiger partial charge in [-0.2, -0.15) is 0 Å². The predicted octanol–water partition coefficient (Wildman–Crippen LogP) is 4.30. The summed E-state index contributed by atoms with van der Waals surface area (Å²) in [6.07, 6.45) is 3.83. The first-order valence-electron chi connectivity index (χ1n) is 11.5. The van der Waals surface area contributed by atoms with Crippen molar-refractivity contribution in [2.45, 2.75) is 18.0 Å². The number of carbonyl (C=O) groups is 3. The van der Waals surface area contributed by atoms with E-state index in [1.54, 1.807) is 43.5 Å². The predicted molar refractivity (Wildman–Crippen MR) is 131 cm³/mol. The number of anilines is 1. The molecule has 0 radical (unpaired) electrons. The van der Waals surface area contributed by atoms with E-state index in [1.807, 2.05) is 53.5 Å². The van der Waals surface area contributed by atoms with Crippen LogP contribution in [0.3, 0.4) is 0 Å². The van der Waals surface area contributed by atoms with Gasteiger partial charge in [0.05, 0.1) is 20.3 Å². The molecule has 0 saturated carbocycles. The summed E-state index contributed by atoms with van der Waals surface area (Å²) in [5, 5.41) is 0. The van der Waals surface area contributed by atoms with Gasteiger partial charge in [-0.05, 0) is 29.3 Å². The van der Waals surface area contributed by atoms with Gasteiger partial charge in [-0.15, -0.1) is 0 Å². The van der Waals surface area contributed by atoms with Crippen molar-refractivity contribution in [1.29, 1.82) is 0 Å². The molecule has 2 aliphatic heterocycles. The molecule has 35 heavy (non-hydrogen) atoms. The van der Waals surface area contributed by atoms with Crippen molar-refractivity contribution in [3.8, 4) is 5.75 Å². The van der Waals surface area contributed by atoms with Crippen LogP contribution in [0, 0.1) is 5.41 Å². The fourth-order valence-electron chi connectivity index (χ4n) is 6.19. The van der Waals surface area contributed by atoms with Gasteiger partial charge in [0.1, 0.15) is 17.2 Å². The zero-order chi connectivity index (χ0) is 24.3. The van der Waals surface area contributed by atoms with E-state index >= 15 is 0 Å². The normalized spacial score (nSPS) is 23.1. The first-order chi connectivity index (χ1) is 17.0. The van der Waals surface area contributed by atoms with Gasteiger partial charge in [0.15, 0.2) is 11.6 Å². The van der Waals surface area contributed by atoms with Crippen LogP contribution in [0.2, 0.25) is 0 Å². The lowest BCUT2D eigenvalue weighted by molar-refractivity contribution is -0.142. The van der Waals surface area contributed by atoms with Crippen molar-refractivity contribution in [3.63, 3.8) is 0 Å². The molecule has 3 atom stereocenters. The average Bonchev–Trinajstić information content (AvgIpc) is 3.35. The number of carbonyl (C=O) groups excluding carboxylic acids is 3. The maximum absolute atomic E-state index is 14.3. The number of fused-ring (bicyclic) bond motifs is 5. The van der Waals surface area contributed by atoms with Gasteiger partial charge < -0.3 is 14.4 Å². The molecule has 3 aromatic rings. The highest BCUT2D eigenvalue weighted by molar-refractivity contribution is 6.32. The van der Waals surface area contributed by atoms with Crippen LogP contribution in [0.1, 0.15) is 37.8 Å². The number of methoxy groups -OCH3 is 2. The summed E-state index contributed by atoms with van der Waals surface area (Å²) in [5.74, 6) is -1.14. The number of benzene rings is 3. The molecule has 2 heterocycles. The number of para-hydroxylation sites is 1. The first kappa shape index (κ1) is 21.4. The molecular weight excluding hydrogens is 442 g/mol.